The van der Waals surface area contributed by atoms with Crippen LogP contribution in [0, 0.1) is 12.8 Å². The fourth-order valence-corrected chi connectivity index (χ4v) is 3.38. The van der Waals surface area contributed by atoms with Gasteiger partial charge in [0.25, 0.3) is 0 Å². The molecule has 4 nitrogen and oxygen atoms in total. The van der Waals surface area contributed by atoms with Crippen LogP contribution in [0.2, 0.25) is 5.02 Å². The summed E-state index contributed by atoms with van der Waals surface area (Å²) in [5, 5.41) is 0.306. The molecule has 156 valence electrons. The monoisotopic (exact) mass is 420 g/mol. The molecular weight excluding hydrogens is 397 g/mol. The van der Waals surface area contributed by atoms with Gasteiger partial charge in [0.1, 0.15) is 17.6 Å². The summed E-state index contributed by atoms with van der Waals surface area (Å²) in [6.45, 7) is 6.24. The standard InChI is InChI=1S/C20H24ClF3O4/c1-5-12(6-2)10-27-18-11(3)17-13(8-15(18)21)7-14(19(25)26-4)16(28-17)9-20(22,23)24/h7-8,12,16H,5-6,9-10H2,1-4H3. The Morgan fingerprint density at radius 1 is 1.32 bits per heavy atom. The van der Waals surface area contributed by atoms with Crippen LogP contribution in [0.5, 0.6) is 11.5 Å². The van der Waals surface area contributed by atoms with Gasteiger partial charge in [-0.15, -0.1) is 0 Å². The van der Waals surface area contributed by atoms with E-state index in [1.54, 1.807) is 6.92 Å². The third-order valence-corrected chi connectivity index (χ3v) is 5.10. The number of halogens is 4. The van der Waals surface area contributed by atoms with E-state index in [-0.39, 0.29) is 11.3 Å². The number of carbonyl (C=O) groups excluding carboxylic acids is 1. The van der Waals surface area contributed by atoms with Crippen molar-refractivity contribution < 1.29 is 32.2 Å². The third kappa shape index (κ3) is 5.13. The molecule has 0 aliphatic carbocycles. The van der Waals surface area contributed by atoms with Crippen LogP contribution >= 0.6 is 11.6 Å². The van der Waals surface area contributed by atoms with Gasteiger partial charge in [-0.1, -0.05) is 38.3 Å². The highest BCUT2D eigenvalue weighted by Crippen LogP contribution is 2.44. The van der Waals surface area contributed by atoms with Crippen LogP contribution in [0.3, 0.4) is 0 Å². The molecule has 28 heavy (non-hydrogen) atoms. The van der Waals surface area contributed by atoms with Gasteiger partial charge in [-0.3, -0.25) is 0 Å². The van der Waals surface area contributed by atoms with E-state index in [0.29, 0.717) is 34.4 Å². The van der Waals surface area contributed by atoms with Crippen LogP contribution in [-0.2, 0) is 9.53 Å². The van der Waals surface area contributed by atoms with E-state index in [0.717, 1.165) is 20.0 Å². The molecule has 0 N–H and O–H groups in total. The second-order valence-electron chi connectivity index (χ2n) is 6.74. The predicted molar refractivity (Wildman–Crippen MR) is 101 cm³/mol. The molecule has 1 unspecified atom stereocenters. The molecule has 1 aliphatic rings. The maximum atomic E-state index is 13.0. The quantitative estimate of drug-likeness (QED) is 0.528. The second-order valence-corrected chi connectivity index (χ2v) is 7.15. The number of methoxy groups -OCH3 is 1. The van der Waals surface area contributed by atoms with E-state index in [9.17, 15) is 18.0 Å². The van der Waals surface area contributed by atoms with Crippen molar-refractivity contribution in [1.29, 1.82) is 0 Å². The zero-order valence-corrected chi connectivity index (χ0v) is 17.0. The normalized spacial score (nSPS) is 16.3. The van der Waals surface area contributed by atoms with Crippen molar-refractivity contribution >= 4 is 23.6 Å². The van der Waals surface area contributed by atoms with E-state index in [4.69, 9.17) is 21.1 Å². The van der Waals surface area contributed by atoms with Gasteiger partial charge in [0.2, 0.25) is 0 Å². The molecule has 8 heteroatoms. The lowest BCUT2D eigenvalue weighted by Gasteiger charge is -2.29. The summed E-state index contributed by atoms with van der Waals surface area (Å²) < 4.78 is 55.0. The molecule has 1 heterocycles. The summed E-state index contributed by atoms with van der Waals surface area (Å²) in [6.07, 6.45) is -4.10. The molecule has 2 rings (SSSR count). The van der Waals surface area contributed by atoms with Crippen molar-refractivity contribution in [2.75, 3.05) is 13.7 Å². The van der Waals surface area contributed by atoms with Crippen LogP contribution in [0.25, 0.3) is 6.08 Å². The highest BCUT2D eigenvalue weighted by Gasteiger charge is 2.40. The zero-order valence-electron chi connectivity index (χ0n) is 16.3. The minimum absolute atomic E-state index is 0.200. The van der Waals surface area contributed by atoms with Gasteiger partial charge in [-0.2, -0.15) is 13.2 Å². The van der Waals surface area contributed by atoms with Crippen LogP contribution in [0.4, 0.5) is 13.2 Å². The third-order valence-electron chi connectivity index (χ3n) is 4.82. The number of ether oxygens (including phenoxy) is 3. The lowest BCUT2D eigenvalue weighted by molar-refractivity contribution is -0.150. The first-order chi connectivity index (χ1) is 13.1. The molecule has 0 radical (unpaired) electrons. The Morgan fingerprint density at radius 2 is 1.96 bits per heavy atom. The molecule has 0 aromatic heterocycles. The number of esters is 1. The molecule has 0 fully saturated rings. The van der Waals surface area contributed by atoms with Crippen LogP contribution in [0.15, 0.2) is 11.6 Å². The second kappa shape index (κ2) is 9.07. The van der Waals surface area contributed by atoms with Crippen LogP contribution in [0.1, 0.15) is 44.2 Å². The first-order valence-electron chi connectivity index (χ1n) is 9.10. The SMILES string of the molecule is CCC(CC)COc1c(Cl)cc2c(c1C)OC(CC(F)(F)F)C(C(=O)OC)=C2. The van der Waals surface area contributed by atoms with E-state index < -0.39 is 24.7 Å². The number of alkyl halides is 3. The van der Waals surface area contributed by atoms with E-state index >= 15 is 0 Å². The maximum absolute atomic E-state index is 13.0. The molecule has 0 saturated carbocycles. The molecule has 0 amide bonds. The van der Waals surface area contributed by atoms with E-state index in [2.05, 4.69) is 18.6 Å². The molecule has 1 atom stereocenters. The molecule has 0 saturated heterocycles. The number of carbonyl (C=O) groups is 1. The van der Waals surface area contributed by atoms with Crippen molar-refractivity contribution in [2.24, 2.45) is 5.92 Å². The highest BCUT2D eigenvalue weighted by atomic mass is 35.5. The number of hydrogen-bond donors (Lipinski definition) is 0. The summed E-state index contributed by atoms with van der Waals surface area (Å²) >= 11 is 6.33. The number of hydrogen-bond acceptors (Lipinski definition) is 4. The summed E-state index contributed by atoms with van der Waals surface area (Å²) in [7, 11) is 1.11. The van der Waals surface area contributed by atoms with Crippen molar-refractivity contribution in [3.63, 3.8) is 0 Å². The van der Waals surface area contributed by atoms with Gasteiger partial charge < -0.3 is 14.2 Å². The lowest BCUT2D eigenvalue weighted by Crippen LogP contribution is -2.33. The number of rotatable bonds is 7. The Bertz CT molecular complexity index is 755. The number of fused-ring (bicyclic) bond motifs is 1. The summed E-state index contributed by atoms with van der Waals surface area (Å²) in [5.74, 6) is 0.0813. The van der Waals surface area contributed by atoms with Crippen LogP contribution < -0.4 is 9.47 Å². The zero-order chi connectivity index (χ0) is 21.1. The average Bonchev–Trinajstić information content (AvgIpc) is 2.63. The Kier molecular flexibility index (Phi) is 7.26. The fourth-order valence-electron chi connectivity index (χ4n) is 3.07. The average molecular weight is 421 g/mol. The van der Waals surface area contributed by atoms with Gasteiger partial charge in [-0.05, 0) is 25.0 Å². The minimum atomic E-state index is -4.51. The van der Waals surface area contributed by atoms with Gasteiger partial charge in [0.05, 0.1) is 30.7 Å². The lowest BCUT2D eigenvalue weighted by atomic mass is 9.97. The smallest absolute Gasteiger partial charge is 0.392 e. The Morgan fingerprint density at radius 3 is 2.50 bits per heavy atom. The number of benzene rings is 1. The first-order valence-corrected chi connectivity index (χ1v) is 9.48. The topological polar surface area (TPSA) is 44.8 Å². The molecule has 1 aromatic rings. The van der Waals surface area contributed by atoms with Crippen molar-refractivity contribution in [3.8, 4) is 11.5 Å². The fraction of sp³-hybridized carbons (Fsp3) is 0.550. The minimum Gasteiger partial charge on any atom is -0.491 e. The van der Waals surface area contributed by atoms with E-state index in [1.807, 2.05) is 0 Å². The Balaban J connectivity index is 2.43. The molecule has 0 bridgehead atoms. The molecule has 1 aliphatic heterocycles. The summed E-state index contributed by atoms with van der Waals surface area (Å²) in [4.78, 5) is 12.0. The van der Waals surface area contributed by atoms with Gasteiger partial charge in [-0.25, -0.2) is 4.79 Å². The molecular formula is C20H24ClF3O4. The van der Waals surface area contributed by atoms with Crippen molar-refractivity contribution in [3.05, 3.63) is 27.8 Å². The van der Waals surface area contributed by atoms with Crippen molar-refractivity contribution in [1.82, 2.24) is 0 Å². The largest absolute Gasteiger partial charge is 0.491 e. The highest BCUT2D eigenvalue weighted by molar-refractivity contribution is 6.32. The van der Waals surface area contributed by atoms with Crippen molar-refractivity contribution in [2.45, 2.75) is 52.3 Å². The summed E-state index contributed by atoms with van der Waals surface area (Å²) in [5.41, 5.74) is 0.713. The van der Waals surface area contributed by atoms with Gasteiger partial charge in [0, 0.05) is 11.1 Å². The van der Waals surface area contributed by atoms with Gasteiger partial charge in [0.15, 0.2) is 0 Å². The van der Waals surface area contributed by atoms with Crippen LogP contribution in [-0.4, -0.2) is 32.0 Å². The van der Waals surface area contributed by atoms with Gasteiger partial charge >= 0.3 is 12.1 Å². The Labute approximate surface area is 167 Å². The maximum Gasteiger partial charge on any atom is 0.392 e. The first kappa shape index (κ1) is 22.4. The predicted octanol–water partition coefficient (Wildman–Crippen LogP) is 5.73. The Hall–Kier alpha value is -1.89. The molecule has 1 aromatic carbocycles. The summed E-state index contributed by atoms with van der Waals surface area (Å²) in [6, 6.07) is 1.53. The van der Waals surface area contributed by atoms with E-state index in [1.165, 1.54) is 12.1 Å². The molecule has 0 spiro atoms.